The van der Waals surface area contributed by atoms with Crippen molar-refractivity contribution in [3.63, 3.8) is 0 Å². The van der Waals surface area contributed by atoms with Crippen LogP contribution in [-0.4, -0.2) is 44.6 Å². The summed E-state index contributed by atoms with van der Waals surface area (Å²) < 4.78 is 25.6. The van der Waals surface area contributed by atoms with Gasteiger partial charge in [-0.1, -0.05) is 41.9 Å². The number of likely N-dealkylation sites (N-methyl/N-ethyl adjacent to an activating group) is 1. The number of nitrogens with zero attached hydrogens (tertiary/aromatic N) is 1. The number of rotatable bonds is 10. The van der Waals surface area contributed by atoms with Gasteiger partial charge in [0, 0.05) is 11.0 Å². The average Bonchev–Trinajstić information content (AvgIpc) is 3.14. The molecular weight excluding hydrogens is 448 g/mol. The van der Waals surface area contributed by atoms with Crippen LogP contribution in [-0.2, 0) is 20.4 Å². The molecule has 0 saturated carbocycles. The molecule has 0 spiro atoms. The Balaban J connectivity index is 1.95. The fraction of sp³-hybridized carbons (Fsp3) is 0.421. The second kappa shape index (κ2) is 10.4. The molecule has 1 aromatic heterocycles. The Bertz CT molecular complexity index is 817. The van der Waals surface area contributed by atoms with Crippen LogP contribution >= 0.6 is 27.3 Å². The van der Waals surface area contributed by atoms with E-state index in [0.29, 0.717) is 12.1 Å². The van der Waals surface area contributed by atoms with E-state index in [-0.39, 0.29) is 11.8 Å². The molecule has 148 valence electrons. The first-order chi connectivity index (χ1) is 12.8. The third-order valence-electron chi connectivity index (χ3n) is 4.32. The summed E-state index contributed by atoms with van der Waals surface area (Å²) in [6.07, 6.45) is 0. The first kappa shape index (κ1) is 22.1. The zero-order valence-corrected chi connectivity index (χ0v) is 18.7. The molecule has 27 heavy (non-hydrogen) atoms. The number of thiophene rings is 1. The lowest BCUT2D eigenvalue weighted by atomic mass is 10.1. The Morgan fingerprint density at radius 1 is 1.19 bits per heavy atom. The molecule has 1 amide bonds. The van der Waals surface area contributed by atoms with Gasteiger partial charge < -0.3 is 5.32 Å². The summed E-state index contributed by atoms with van der Waals surface area (Å²) in [6.45, 7) is 6.26. The normalized spacial score (nSPS) is 12.9. The fourth-order valence-corrected chi connectivity index (χ4v) is 5.21. The number of benzene rings is 1. The van der Waals surface area contributed by atoms with E-state index in [1.165, 1.54) is 0 Å². The van der Waals surface area contributed by atoms with E-state index < -0.39 is 21.5 Å². The molecule has 0 radical (unpaired) electrons. The van der Waals surface area contributed by atoms with Gasteiger partial charge in [-0.15, -0.1) is 0 Å². The molecule has 2 aromatic rings. The Hall–Kier alpha value is -1.22. The molecule has 1 heterocycles. The Morgan fingerprint density at radius 2 is 1.85 bits per heavy atom. The van der Waals surface area contributed by atoms with E-state index >= 15 is 0 Å². The molecule has 0 aliphatic rings. The predicted octanol–water partition coefficient (Wildman–Crippen LogP) is 3.62. The zero-order chi connectivity index (χ0) is 19.9. The fourth-order valence-electron chi connectivity index (χ4n) is 2.93. The standard InChI is InChI=1S/C19H25BrN2O3S2/c1-3-22(4-2)18(16-9-10-26-12-16)11-21-19(23)14-27(24,25)13-15-5-7-17(20)8-6-15/h5-10,12,18H,3-4,11,13-14H2,1-2H3,(H,21,23). The van der Waals surface area contributed by atoms with Crippen molar-refractivity contribution >= 4 is 43.0 Å². The molecule has 0 fully saturated rings. The van der Waals surface area contributed by atoms with Gasteiger partial charge in [0.1, 0.15) is 5.75 Å². The van der Waals surface area contributed by atoms with Gasteiger partial charge in [-0.2, -0.15) is 11.3 Å². The second-order valence-electron chi connectivity index (χ2n) is 6.26. The van der Waals surface area contributed by atoms with Crippen molar-refractivity contribution < 1.29 is 13.2 Å². The predicted molar refractivity (Wildman–Crippen MR) is 115 cm³/mol. The van der Waals surface area contributed by atoms with E-state index in [2.05, 4.69) is 45.4 Å². The summed E-state index contributed by atoms with van der Waals surface area (Å²) in [5.74, 6) is -1.10. The molecule has 1 N–H and O–H groups in total. The monoisotopic (exact) mass is 472 g/mol. The minimum absolute atomic E-state index is 0.0457. The quantitative estimate of drug-likeness (QED) is 0.573. The van der Waals surface area contributed by atoms with Gasteiger partial charge in [0.05, 0.1) is 11.8 Å². The SMILES string of the molecule is CCN(CC)C(CNC(=O)CS(=O)(=O)Cc1ccc(Br)cc1)c1ccsc1. The molecule has 0 aliphatic carbocycles. The van der Waals surface area contributed by atoms with Crippen LogP contribution in [0.3, 0.4) is 0 Å². The van der Waals surface area contributed by atoms with E-state index in [0.717, 1.165) is 23.1 Å². The zero-order valence-electron chi connectivity index (χ0n) is 15.5. The molecule has 0 bridgehead atoms. The van der Waals surface area contributed by atoms with Gasteiger partial charge in [0.25, 0.3) is 0 Å². The van der Waals surface area contributed by atoms with Crippen molar-refractivity contribution in [2.24, 2.45) is 0 Å². The van der Waals surface area contributed by atoms with Crippen molar-refractivity contribution in [2.45, 2.75) is 25.6 Å². The summed E-state index contributed by atoms with van der Waals surface area (Å²) in [7, 11) is -3.52. The minimum atomic E-state index is -3.52. The van der Waals surface area contributed by atoms with E-state index in [4.69, 9.17) is 0 Å². The van der Waals surface area contributed by atoms with E-state index in [9.17, 15) is 13.2 Å². The largest absolute Gasteiger partial charge is 0.353 e. The first-order valence-electron chi connectivity index (χ1n) is 8.82. The van der Waals surface area contributed by atoms with Crippen LogP contribution in [0.2, 0.25) is 0 Å². The van der Waals surface area contributed by atoms with Crippen LogP contribution in [0, 0.1) is 0 Å². The summed E-state index contributed by atoms with van der Waals surface area (Å²) in [5.41, 5.74) is 1.81. The number of halogens is 1. The number of hydrogen-bond acceptors (Lipinski definition) is 5. The number of hydrogen-bond donors (Lipinski definition) is 1. The molecule has 1 atom stereocenters. The molecule has 1 aromatic carbocycles. The van der Waals surface area contributed by atoms with Crippen LogP contribution < -0.4 is 5.32 Å². The smallest absolute Gasteiger partial charge is 0.235 e. The van der Waals surface area contributed by atoms with Crippen LogP contribution in [0.25, 0.3) is 0 Å². The molecule has 5 nitrogen and oxygen atoms in total. The maximum absolute atomic E-state index is 12.3. The summed E-state index contributed by atoms with van der Waals surface area (Å²) >= 11 is 4.94. The highest BCUT2D eigenvalue weighted by molar-refractivity contribution is 9.10. The molecule has 0 saturated heterocycles. The lowest BCUT2D eigenvalue weighted by Crippen LogP contribution is -2.39. The number of carbonyl (C=O) groups excluding carboxylic acids is 1. The maximum atomic E-state index is 12.3. The van der Waals surface area contributed by atoms with Crippen molar-refractivity contribution in [3.05, 3.63) is 56.7 Å². The highest BCUT2D eigenvalue weighted by atomic mass is 79.9. The molecule has 0 aliphatic heterocycles. The van der Waals surface area contributed by atoms with Gasteiger partial charge in [0.2, 0.25) is 5.91 Å². The number of amides is 1. The molecule has 8 heteroatoms. The van der Waals surface area contributed by atoms with Gasteiger partial charge in [0.15, 0.2) is 9.84 Å². The van der Waals surface area contributed by atoms with Gasteiger partial charge in [-0.05, 0) is 53.2 Å². The topological polar surface area (TPSA) is 66.5 Å². The molecular formula is C19H25BrN2O3S2. The van der Waals surface area contributed by atoms with Crippen molar-refractivity contribution in [1.82, 2.24) is 10.2 Å². The number of nitrogens with one attached hydrogen (secondary N) is 1. The van der Waals surface area contributed by atoms with Gasteiger partial charge in [-0.25, -0.2) is 8.42 Å². The van der Waals surface area contributed by atoms with E-state index in [1.807, 2.05) is 11.4 Å². The molecule has 2 rings (SSSR count). The minimum Gasteiger partial charge on any atom is -0.353 e. The Morgan fingerprint density at radius 3 is 2.41 bits per heavy atom. The first-order valence-corrected chi connectivity index (χ1v) is 12.4. The Labute approximate surface area is 173 Å². The van der Waals surface area contributed by atoms with Crippen LogP contribution in [0.1, 0.15) is 31.0 Å². The number of carbonyl (C=O) groups is 1. The van der Waals surface area contributed by atoms with Crippen LogP contribution in [0.5, 0.6) is 0 Å². The highest BCUT2D eigenvalue weighted by Crippen LogP contribution is 2.22. The third kappa shape index (κ3) is 7.03. The van der Waals surface area contributed by atoms with E-state index in [1.54, 1.807) is 35.6 Å². The van der Waals surface area contributed by atoms with Crippen molar-refractivity contribution in [3.8, 4) is 0 Å². The number of sulfone groups is 1. The lowest BCUT2D eigenvalue weighted by molar-refractivity contribution is -0.118. The average molecular weight is 473 g/mol. The lowest BCUT2D eigenvalue weighted by Gasteiger charge is -2.29. The summed E-state index contributed by atoms with van der Waals surface area (Å²) in [5, 5.41) is 6.89. The van der Waals surface area contributed by atoms with Crippen LogP contribution in [0.4, 0.5) is 0 Å². The highest BCUT2D eigenvalue weighted by Gasteiger charge is 2.22. The van der Waals surface area contributed by atoms with Crippen molar-refractivity contribution in [2.75, 3.05) is 25.4 Å². The molecule has 1 unspecified atom stereocenters. The van der Waals surface area contributed by atoms with Crippen molar-refractivity contribution in [1.29, 1.82) is 0 Å². The Kier molecular flexibility index (Phi) is 8.47. The summed E-state index contributed by atoms with van der Waals surface area (Å²) in [4.78, 5) is 14.5. The third-order valence-corrected chi connectivity index (χ3v) is 7.03. The summed E-state index contributed by atoms with van der Waals surface area (Å²) in [6, 6.07) is 9.16. The second-order valence-corrected chi connectivity index (χ2v) is 10.0. The van der Waals surface area contributed by atoms with Gasteiger partial charge in [-0.3, -0.25) is 9.69 Å². The van der Waals surface area contributed by atoms with Gasteiger partial charge >= 0.3 is 0 Å². The maximum Gasteiger partial charge on any atom is 0.235 e. The van der Waals surface area contributed by atoms with Crippen LogP contribution in [0.15, 0.2) is 45.6 Å².